The molecule has 30 heavy (non-hydrogen) atoms. The summed E-state index contributed by atoms with van der Waals surface area (Å²) in [6.07, 6.45) is -4.81. The van der Waals surface area contributed by atoms with Gasteiger partial charge in [-0.1, -0.05) is 18.2 Å². The Labute approximate surface area is 167 Å². The molecule has 152 valence electrons. The smallest absolute Gasteiger partial charge is 0.406 e. The summed E-state index contributed by atoms with van der Waals surface area (Å²) in [6.45, 7) is 0. The van der Waals surface area contributed by atoms with Gasteiger partial charge in [-0.3, -0.25) is 10.0 Å². The molecule has 3 N–H and O–H groups in total. The summed E-state index contributed by atoms with van der Waals surface area (Å²) >= 11 is 0. The number of para-hydroxylation sites is 1. The predicted octanol–water partition coefficient (Wildman–Crippen LogP) is 5.15. The molecule has 0 saturated heterocycles. The summed E-state index contributed by atoms with van der Waals surface area (Å²) < 4.78 is 42.1. The lowest BCUT2D eigenvalue weighted by molar-refractivity contribution is -0.274. The van der Waals surface area contributed by atoms with E-state index in [9.17, 15) is 18.0 Å². The molecule has 0 saturated carbocycles. The highest BCUT2D eigenvalue weighted by molar-refractivity contribution is 6.09. The first kappa shape index (κ1) is 19.5. The van der Waals surface area contributed by atoms with Crippen LogP contribution in [-0.4, -0.2) is 22.5 Å². The van der Waals surface area contributed by atoms with Crippen molar-refractivity contribution in [2.45, 2.75) is 6.36 Å². The quantitative estimate of drug-likeness (QED) is 0.245. The molecule has 6 nitrogen and oxygen atoms in total. The molecule has 1 heterocycles. The molecule has 4 rings (SSSR count). The van der Waals surface area contributed by atoms with Crippen LogP contribution in [0.25, 0.3) is 21.8 Å². The number of carbonyl (C=O) groups is 1. The lowest BCUT2D eigenvalue weighted by Gasteiger charge is -2.15. The summed E-state index contributed by atoms with van der Waals surface area (Å²) in [6, 6.07) is 17.4. The Balaban J connectivity index is 1.84. The molecule has 0 aliphatic rings. The maximum Gasteiger partial charge on any atom is 0.573 e. The number of aromatic nitrogens is 1. The number of anilines is 2. The SMILES string of the molecule is O=C(NO)c1ccc(Nc2c3ccccc3nc3ccc(OC(F)(F)F)cc23)cc1. The zero-order valence-corrected chi connectivity index (χ0v) is 15.2. The molecule has 1 aromatic heterocycles. The number of benzene rings is 3. The Morgan fingerprint density at radius 3 is 2.33 bits per heavy atom. The number of fused-ring (bicyclic) bond motifs is 2. The molecule has 0 aliphatic heterocycles. The third kappa shape index (κ3) is 3.96. The Kier molecular flexibility index (Phi) is 4.88. The second-order valence-electron chi connectivity index (χ2n) is 6.37. The van der Waals surface area contributed by atoms with Gasteiger partial charge in [0.25, 0.3) is 5.91 Å². The first-order valence-electron chi connectivity index (χ1n) is 8.74. The van der Waals surface area contributed by atoms with E-state index in [-0.39, 0.29) is 11.3 Å². The van der Waals surface area contributed by atoms with Crippen molar-refractivity contribution < 1.29 is 27.9 Å². The maximum absolute atomic E-state index is 12.7. The number of alkyl halides is 3. The van der Waals surface area contributed by atoms with E-state index in [4.69, 9.17) is 5.21 Å². The maximum atomic E-state index is 12.7. The van der Waals surface area contributed by atoms with Crippen LogP contribution < -0.4 is 15.5 Å². The van der Waals surface area contributed by atoms with Crippen molar-refractivity contribution in [1.29, 1.82) is 0 Å². The minimum atomic E-state index is -4.81. The van der Waals surface area contributed by atoms with Gasteiger partial charge in [0.05, 0.1) is 16.7 Å². The van der Waals surface area contributed by atoms with Crippen LogP contribution in [0.2, 0.25) is 0 Å². The highest BCUT2D eigenvalue weighted by Crippen LogP contribution is 2.36. The minimum Gasteiger partial charge on any atom is -0.406 e. The predicted molar refractivity (Wildman–Crippen MR) is 105 cm³/mol. The van der Waals surface area contributed by atoms with E-state index in [0.717, 1.165) is 0 Å². The second-order valence-corrected chi connectivity index (χ2v) is 6.37. The monoisotopic (exact) mass is 413 g/mol. The molecular formula is C21H14F3N3O3. The van der Waals surface area contributed by atoms with E-state index < -0.39 is 12.3 Å². The molecule has 0 unspecified atom stereocenters. The number of amides is 1. The number of nitrogens with zero attached hydrogens (tertiary/aromatic N) is 1. The largest absolute Gasteiger partial charge is 0.573 e. The first-order valence-corrected chi connectivity index (χ1v) is 8.74. The van der Waals surface area contributed by atoms with Crippen LogP contribution in [0, 0.1) is 0 Å². The van der Waals surface area contributed by atoms with Crippen molar-refractivity contribution in [3.63, 3.8) is 0 Å². The molecule has 9 heteroatoms. The number of rotatable bonds is 4. The normalized spacial score (nSPS) is 11.5. The Hall–Kier alpha value is -3.85. The molecule has 3 aromatic carbocycles. The van der Waals surface area contributed by atoms with E-state index in [1.807, 2.05) is 6.07 Å². The third-order valence-electron chi connectivity index (χ3n) is 4.40. The number of nitrogens with one attached hydrogen (secondary N) is 2. The lowest BCUT2D eigenvalue weighted by atomic mass is 10.1. The van der Waals surface area contributed by atoms with E-state index >= 15 is 0 Å². The zero-order chi connectivity index (χ0) is 21.3. The summed E-state index contributed by atoms with van der Waals surface area (Å²) in [5, 5.41) is 13.1. The van der Waals surface area contributed by atoms with Crippen molar-refractivity contribution in [1.82, 2.24) is 10.5 Å². The van der Waals surface area contributed by atoms with Gasteiger partial charge in [-0.15, -0.1) is 13.2 Å². The van der Waals surface area contributed by atoms with Crippen molar-refractivity contribution in [2.75, 3.05) is 5.32 Å². The van der Waals surface area contributed by atoms with Gasteiger partial charge >= 0.3 is 6.36 Å². The Morgan fingerprint density at radius 2 is 1.63 bits per heavy atom. The second kappa shape index (κ2) is 7.53. The van der Waals surface area contributed by atoms with Crippen molar-refractivity contribution in [2.24, 2.45) is 0 Å². The van der Waals surface area contributed by atoms with E-state index in [1.165, 1.54) is 30.3 Å². The van der Waals surface area contributed by atoms with Crippen molar-refractivity contribution in [3.05, 3.63) is 72.3 Å². The van der Waals surface area contributed by atoms with Gasteiger partial charge in [0.15, 0.2) is 0 Å². The summed E-state index contributed by atoms with van der Waals surface area (Å²) in [5.41, 5.74) is 4.07. The number of hydroxylamine groups is 1. The van der Waals surface area contributed by atoms with Crippen molar-refractivity contribution >= 4 is 39.1 Å². The van der Waals surface area contributed by atoms with Gasteiger partial charge in [-0.05, 0) is 48.5 Å². The van der Waals surface area contributed by atoms with Crippen LogP contribution in [-0.2, 0) is 0 Å². The minimum absolute atomic E-state index is 0.244. The van der Waals surface area contributed by atoms with Gasteiger partial charge in [0, 0.05) is 22.0 Å². The number of carbonyl (C=O) groups excluding carboxylic acids is 1. The van der Waals surface area contributed by atoms with E-state index in [1.54, 1.807) is 35.8 Å². The number of pyridine rings is 1. The number of hydrogen-bond donors (Lipinski definition) is 3. The van der Waals surface area contributed by atoms with Crippen molar-refractivity contribution in [3.8, 4) is 5.75 Å². The Bertz CT molecular complexity index is 1240. The van der Waals surface area contributed by atoms with Crippen LogP contribution in [0.3, 0.4) is 0 Å². The van der Waals surface area contributed by atoms with Gasteiger partial charge in [-0.25, -0.2) is 10.5 Å². The van der Waals surface area contributed by atoms with Crippen LogP contribution in [0.4, 0.5) is 24.5 Å². The standard InChI is InChI=1S/C21H14F3N3O3/c22-21(23,24)30-14-9-10-18-16(11-14)19(15-3-1-2-4-17(15)26-18)25-13-7-5-12(6-8-13)20(28)27-29/h1-11,29H,(H,25,26)(H,27,28). The first-order chi connectivity index (χ1) is 14.3. The number of halogens is 3. The molecule has 0 aliphatic carbocycles. The molecule has 0 spiro atoms. The van der Waals surface area contributed by atoms with E-state index in [2.05, 4.69) is 15.0 Å². The summed E-state index contributed by atoms with van der Waals surface area (Å²) in [5.74, 6) is -1.01. The molecule has 0 radical (unpaired) electrons. The van der Waals surface area contributed by atoms with Gasteiger partial charge in [0.2, 0.25) is 0 Å². The molecule has 0 atom stereocenters. The van der Waals surface area contributed by atoms with Gasteiger partial charge in [-0.2, -0.15) is 0 Å². The van der Waals surface area contributed by atoms with Crippen LogP contribution in [0.15, 0.2) is 66.7 Å². The highest BCUT2D eigenvalue weighted by atomic mass is 19.4. The fourth-order valence-electron chi connectivity index (χ4n) is 3.12. The topological polar surface area (TPSA) is 83.5 Å². The Morgan fingerprint density at radius 1 is 0.933 bits per heavy atom. The highest BCUT2D eigenvalue weighted by Gasteiger charge is 2.31. The van der Waals surface area contributed by atoms with E-state index in [0.29, 0.717) is 33.2 Å². The fraction of sp³-hybridized carbons (Fsp3) is 0.0476. The van der Waals surface area contributed by atoms with Crippen LogP contribution in [0.1, 0.15) is 10.4 Å². The molecule has 4 aromatic rings. The third-order valence-corrected chi connectivity index (χ3v) is 4.40. The van der Waals surface area contributed by atoms with Crippen LogP contribution in [0.5, 0.6) is 5.75 Å². The zero-order valence-electron chi connectivity index (χ0n) is 15.2. The number of hydrogen-bond acceptors (Lipinski definition) is 5. The summed E-state index contributed by atoms with van der Waals surface area (Å²) in [4.78, 5) is 16.0. The fourth-order valence-corrected chi connectivity index (χ4v) is 3.12. The van der Waals surface area contributed by atoms with Gasteiger partial charge < -0.3 is 10.1 Å². The summed E-state index contributed by atoms with van der Waals surface area (Å²) in [7, 11) is 0. The average Bonchev–Trinajstić information content (AvgIpc) is 2.72. The molecule has 1 amide bonds. The van der Waals surface area contributed by atoms with Crippen LogP contribution >= 0.6 is 0 Å². The molecule has 0 bridgehead atoms. The number of ether oxygens (including phenoxy) is 1. The van der Waals surface area contributed by atoms with Gasteiger partial charge in [0.1, 0.15) is 5.75 Å². The lowest BCUT2D eigenvalue weighted by Crippen LogP contribution is -2.18. The molecule has 0 fully saturated rings. The average molecular weight is 413 g/mol. The molecular weight excluding hydrogens is 399 g/mol.